The predicted octanol–water partition coefficient (Wildman–Crippen LogP) is 5.20. The summed E-state index contributed by atoms with van der Waals surface area (Å²) in [6.07, 6.45) is 0. The summed E-state index contributed by atoms with van der Waals surface area (Å²) in [6.45, 7) is 1.45. The molecule has 1 N–H and O–H groups in total. The molecule has 3 aromatic rings. The summed E-state index contributed by atoms with van der Waals surface area (Å²) < 4.78 is 5.31. The lowest BCUT2D eigenvalue weighted by Crippen LogP contribution is -2.32. The highest BCUT2D eigenvalue weighted by molar-refractivity contribution is 6.53. The monoisotopic (exact) mass is 494 g/mol. The van der Waals surface area contributed by atoms with Crippen LogP contribution in [0.1, 0.15) is 27.6 Å². The average Bonchev–Trinajstić information content (AvgIpc) is 3.03. The van der Waals surface area contributed by atoms with E-state index in [0.717, 1.165) is 4.90 Å². The Hall–Kier alpha value is -3.94. The molecule has 0 fully saturated rings. The highest BCUT2D eigenvalue weighted by atomic mass is 35.5. The first-order valence-electron chi connectivity index (χ1n) is 9.99. The second kappa shape index (κ2) is 9.51. The number of hydrogen-bond donors (Lipinski definition) is 1. The van der Waals surface area contributed by atoms with Gasteiger partial charge in [0.2, 0.25) is 0 Å². The Bertz CT molecular complexity index is 1350. The number of nitrogens with one attached hydrogen (secondary N) is 1. The molecule has 0 radical (unpaired) electrons. The van der Waals surface area contributed by atoms with E-state index in [1.54, 1.807) is 42.5 Å². The molecule has 1 heterocycles. The number of nitrogens with zero attached hydrogens (tertiary/aromatic N) is 1. The van der Waals surface area contributed by atoms with Crippen LogP contribution in [0.25, 0.3) is 0 Å². The van der Waals surface area contributed by atoms with E-state index in [4.69, 9.17) is 27.9 Å². The van der Waals surface area contributed by atoms with E-state index >= 15 is 0 Å². The largest absolute Gasteiger partial charge is 0.423 e. The maximum atomic E-state index is 12.8. The molecule has 0 bridgehead atoms. The van der Waals surface area contributed by atoms with E-state index in [-0.39, 0.29) is 22.1 Å². The van der Waals surface area contributed by atoms with Gasteiger partial charge in [-0.25, -0.2) is 9.69 Å². The third kappa shape index (κ3) is 4.71. The number of esters is 1. The molecular weight excluding hydrogens is 479 g/mol. The van der Waals surface area contributed by atoms with Crippen LogP contribution >= 0.6 is 23.2 Å². The lowest BCUT2D eigenvalue weighted by Gasteiger charge is -2.15. The van der Waals surface area contributed by atoms with E-state index in [9.17, 15) is 19.2 Å². The first-order chi connectivity index (χ1) is 16.2. The fourth-order valence-corrected chi connectivity index (χ4v) is 3.62. The number of anilines is 2. The minimum atomic E-state index is -0.674. The molecule has 7 nitrogen and oxygen atoms in total. The van der Waals surface area contributed by atoms with Crippen LogP contribution in [0.3, 0.4) is 0 Å². The van der Waals surface area contributed by atoms with Crippen LogP contribution in [-0.4, -0.2) is 23.6 Å². The molecule has 0 spiro atoms. The van der Waals surface area contributed by atoms with Crippen molar-refractivity contribution < 1.29 is 23.9 Å². The highest BCUT2D eigenvalue weighted by Crippen LogP contribution is 2.31. The van der Waals surface area contributed by atoms with Gasteiger partial charge in [0.25, 0.3) is 11.8 Å². The van der Waals surface area contributed by atoms with Crippen LogP contribution in [0.15, 0.2) is 83.5 Å². The molecule has 2 amide bonds. The third-order valence-corrected chi connectivity index (χ3v) is 5.54. The zero-order valence-electron chi connectivity index (χ0n) is 17.7. The number of amides is 2. The highest BCUT2D eigenvalue weighted by Gasteiger charge is 2.39. The number of carbonyl (C=O) groups is 4. The van der Waals surface area contributed by atoms with Crippen molar-refractivity contribution in [3.63, 3.8) is 0 Å². The minimum absolute atomic E-state index is 0.0886. The van der Waals surface area contributed by atoms with Gasteiger partial charge < -0.3 is 10.1 Å². The van der Waals surface area contributed by atoms with Gasteiger partial charge in [-0.15, -0.1) is 0 Å². The molecule has 0 aromatic heterocycles. The van der Waals surface area contributed by atoms with Crippen molar-refractivity contribution in [3.05, 3.63) is 99.7 Å². The molecule has 0 unspecified atom stereocenters. The number of halogens is 2. The van der Waals surface area contributed by atoms with Crippen molar-refractivity contribution in [3.8, 4) is 5.75 Å². The summed E-state index contributed by atoms with van der Waals surface area (Å²) in [5, 5.41) is 2.94. The maximum Gasteiger partial charge on any atom is 0.343 e. The lowest BCUT2D eigenvalue weighted by atomic mass is 10.1. The van der Waals surface area contributed by atoms with E-state index in [1.807, 2.05) is 0 Å². The number of Topliss-reactive ketones (excluding diaryl/α,β-unsaturated/α-hetero) is 1. The van der Waals surface area contributed by atoms with Crippen molar-refractivity contribution in [1.29, 1.82) is 0 Å². The van der Waals surface area contributed by atoms with Gasteiger partial charge in [-0.2, -0.15) is 0 Å². The van der Waals surface area contributed by atoms with Crippen molar-refractivity contribution in [1.82, 2.24) is 0 Å². The molecule has 0 saturated carbocycles. The smallest absolute Gasteiger partial charge is 0.343 e. The Labute approximate surface area is 204 Å². The second-order valence-electron chi connectivity index (χ2n) is 7.29. The van der Waals surface area contributed by atoms with E-state index in [1.165, 1.54) is 37.3 Å². The van der Waals surface area contributed by atoms with Gasteiger partial charge in [-0.3, -0.25) is 14.4 Å². The van der Waals surface area contributed by atoms with Gasteiger partial charge in [0.05, 0.1) is 11.3 Å². The van der Waals surface area contributed by atoms with Crippen molar-refractivity contribution in [2.45, 2.75) is 6.92 Å². The van der Waals surface area contributed by atoms with Crippen LogP contribution in [0.2, 0.25) is 5.02 Å². The third-order valence-electron chi connectivity index (χ3n) is 4.96. The fraction of sp³-hybridized carbons (Fsp3) is 0.0400. The molecule has 4 rings (SSSR count). The van der Waals surface area contributed by atoms with Crippen LogP contribution in [0.5, 0.6) is 5.75 Å². The van der Waals surface area contributed by atoms with Crippen molar-refractivity contribution >= 4 is 58.1 Å². The average molecular weight is 495 g/mol. The standard InChI is InChI=1S/C25H16Cl2N2O5/c1-14(30)15-7-11-20(12-8-15)34-25(33)16-5-9-18(10-6-16)28-22-21(27)23(31)29(24(22)32)19-4-2-3-17(26)13-19/h2-13,28H,1H3. The molecule has 0 saturated heterocycles. The number of imide groups is 1. The van der Waals surface area contributed by atoms with Gasteiger partial charge in [-0.05, 0) is 73.7 Å². The summed E-state index contributed by atoms with van der Waals surface area (Å²) in [5.41, 5.74) is 1.41. The molecule has 3 aromatic carbocycles. The Morgan fingerprint density at radius 1 is 0.853 bits per heavy atom. The minimum Gasteiger partial charge on any atom is -0.423 e. The van der Waals surface area contributed by atoms with E-state index in [2.05, 4.69) is 5.32 Å². The zero-order valence-corrected chi connectivity index (χ0v) is 19.2. The van der Waals surface area contributed by atoms with E-state index < -0.39 is 17.8 Å². The topological polar surface area (TPSA) is 92.8 Å². The Morgan fingerprint density at radius 3 is 2.12 bits per heavy atom. The molecule has 1 aliphatic heterocycles. The molecule has 1 aliphatic rings. The second-order valence-corrected chi connectivity index (χ2v) is 8.10. The number of rotatable bonds is 6. The first-order valence-corrected chi connectivity index (χ1v) is 10.7. The van der Waals surface area contributed by atoms with Crippen molar-refractivity contribution in [2.24, 2.45) is 0 Å². The predicted molar refractivity (Wildman–Crippen MR) is 128 cm³/mol. The molecular formula is C25H16Cl2N2O5. The number of ketones is 1. The van der Waals surface area contributed by atoms with Gasteiger partial charge in [-0.1, -0.05) is 29.3 Å². The number of carbonyl (C=O) groups excluding carboxylic acids is 4. The van der Waals surface area contributed by atoms with Gasteiger partial charge in [0.15, 0.2) is 5.78 Å². The lowest BCUT2D eigenvalue weighted by molar-refractivity contribution is -0.120. The fourth-order valence-electron chi connectivity index (χ4n) is 3.22. The quantitative estimate of drug-likeness (QED) is 0.219. The van der Waals surface area contributed by atoms with Crippen LogP contribution in [0, 0.1) is 0 Å². The summed E-state index contributed by atoms with van der Waals surface area (Å²) in [5.74, 6) is -1.69. The van der Waals surface area contributed by atoms with Crippen molar-refractivity contribution in [2.75, 3.05) is 10.2 Å². The number of benzene rings is 3. The zero-order chi connectivity index (χ0) is 24.4. The van der Waals surface area contributed by atoms with Crippen LogP contribution in [0.4, 0.5) is 11.4 Å². The molecule has 34 heavy (non-hydrogen) atoms. The Balaban J connectivity index is 1.46. The molecule has 9 heteroatoms. The summed E-state index contributed by atoms with van der Waals surface area (Å²) in [6, 6.07) is 18.6. The maximum absolute atomic E-state index is 12.8. The number of ether oxygens (including phenoxy) is 1. The Morgan fingerprint density at radius 2 is 1.50 bits per heavy atom. The SMILES string of the molecule is CC(=O)c1ccc(OC(=O)c2ccc(NC3=C(Cl)C(=O)N(c4cccc(Cl)c4)C3=O)cc2)cc1. The first kappa shape index (κ1) is 23.2. The van der Waals surface area contributed by atoms with Crippen LogP contribution < -0.4 is 15.0 Å². The molecule has 0 aliphatic carbocycles. The Kier molecular flexibility index (Phi) is 6.49. The molecule has 170 valence electrons. The van der Waals surface area contributed by atoms with E-state index in [0.29, 0.717) is 27.7 Å². The summed E-state index contributed by atoms with van der Waals surface area (Å²) in [4.78, 5) is 50.1. The summed E-state index contributed by atoms with van der Waals surface area (Å²) in [7, 11) is 0. The number of hydrogen-bond acceptors (Lipinski definition) is 6. The van der Waals surface area contributed by atoms with Gasteiger partial charge in [0, 0.05) is 16.3 Å². The van der Waals surface area contributed by atoms with Gasteiger partial charge >= 0.3 is 5.97 Å². The summed E-state index contributed by atoms with van der Waals surface area (Å²) >= 11 is 12.1. The normalized spacial score (nSPS) is 13.3. The molecule has 0 atom stereocenters. The van der Waals surface area contributed by atoms with Gasteiger partial charge in [0.1, 0.15) is 16.5 Å². The van der Waals surface area contributed by atoms with Crippen LogP contribution in [-0.2, 0) is 9.59 Å².